The molecule has 0 radical (unpaired) electrons. The maximum absolute atomic E-state index is 6.05. The minimum Gasteiger partial charge on any atom is -0.373 e. The van der Waals surface area contributed by atoms with E-state index in [0.717, 1.165) is 35.5 Å². The molecule has 1 saturated heterocycles. The van der Waals surface area contributed by atoms with E-state index in [-0.39, 0.29) is 0 Å². The van der Waals surface area contributed by atoms with Crippen LogP contribution in [0.3, 0.4) is 0 Å². The Morgan fingerprint density at radius 1 is 1.08 bits per heavy atom. The van der Waals surface area contributed by atoms with Gasteiger partial charge in [0.1, 0.15) is 5.82 Å². The van der Waals surface area contributed by atoms with Crippen molar-refractivity contribution in [2.24, 2.45) is 0 Å². The molecule has 2 heterocycles. The number of halogens is 1. The number of likely N-dealkylation sites (N-methyl/N-ethyl adjacent to an activating group) is 1. The summed E-state index contributed by atoms with van der Waals surface area (Å²) in [6.45, 7) is 4.71. The molecule has 0 spiro atoms. The molecule has 1 aliphatic heterocycles. The molecule has 0 unspecified atom stereocenters. The van der Waals surface area contributed by atoms with Crippen molar-refractivity contribution in [3.05, 3.63) is 47.5 Å². The topological polar surface area (TPSA) is 35.2 Å². The summed E-state index contributed by atoms with van der Waals surface area (Å²) in [5.41, 5.74) is 4.23. The van der Waals surface area contributed by atoms with Crippen molar-refractivity contribution in [3.63, 3.8) is 0 Å². The number of anilines is 1. The van der Waals surface area contributed by atoms with Crippen molar-refractivity contribution < 1.29 is 0 Å². The van der Waals surface area contributed by atoms with Crippen LogP contribution in [-0.2, 0) is 0 Å². The van der Waals surface area contributed by atoms with E-state index in [4.69, 9.17) is 11.6 Å². The van der Waals surface area contributed by atoms with Crippen molar-refractivity contribution in [2.45, 2.75) is 19.3 Å². The highest BCUT2D eigenvalue weighted by atomic mass is 35.5. The van der Waals surface area contributed by atoms with Crippen LogP contribution in [0.4, 0.5) is 5.69 Å². The Kier molecular flexibility index (Phi) is 5.14. The van der Waals surface area contributed by atoms with Gasteiger partial charge < -0.3 is 14.8 Å². The summed E-state index contributed by atoms with van der Waals surface area (Å²) in [6.07, 6.45) is 4.09. The van der Waals surface area contributed by atoms with Gasteiger partial charge in [0.05, 0.1) is 11.0 Å². The van der Waals surface area contributed by atoms with Gasteiger partial charge >= 0.3 is 0 Å². The van der Waals surface area contributed by atoms with E-state index in [1.807, 2.05) is 18.2 Å². The van der Waals surface area contributed by atoms with Crippen LogP contribution in [0.15, 0.2) is 42.5 Å². The molecule has 0 aliphatic carbocycles. The standard InChI is InChI=1S/C21H25ClN4/c1-25(13-14-26-11-3-2-4-12-26)18-8-5-16(6-9-18)21-23-19-10-7-17(22)15-20(19)24-21/h5-10,15H,2-4,11-14H2,1H3,(H,23,24). The minimum absolute atomic E-state index is 0.709. The molecule has 5 heteroatoms. The van der Waals surface area contributed by atoms with Crippen LogP contribution in [-0.4, -0.2) is 48.1 Å². The van der Waals surface area contributed by atoms with Gasteiger partial charge in [-0.3, -0.25) is 0 Å². The number of fused-ring (bicyclic) bond motifs is 1. The van der Waals surface area contributed by atoms with Crippen LogP contribution in [0.1, 0.15) is 19.3 Å². The van der Waals surface area contributed by atoms with Crippen LogP contribution < -0.4 is 4.90 Å². The molecular formula is C21H25ClN4. The lowest BCUT2D eigenvalue weighted by atomic mass is 10.1. The van der Waals surface area contributed by atoms with Crippen molar-refractivity contribution in [1.29, 1.82) is 0 Å². The number of aromatic nitrogens is 2. The van der Waals surface area contributed by atoms with Crippen LogP contribution in [0.5, 0.6) is 0 Å². The Balaban J connectivity index is 1.43. The van der Waals surface area contributed by atoms with E-state index in [2.05, 4.69) is 51.1 Å². The first-order valence-corrected chi connectivity index (χ1v) is 9.76. The molecular weight excluding hydrogens is 344 g/mol. The zero-order valence-corrected chi connectivity index (χ0v) is 16.0. The van der Waals surface area contributed by atoms with Crippen molar-refractivity contribution in [1.82, 2.24) is 14.9 Å². The number of rotatable bonds is 5. The second kappa shape index (κ2) is 7.68. The molecule has 1 aromatic heterocycles. The number of hydrogen-bond acceptors (Lipinski definition) is 3. The largest absolute Gasteiger partial charge is 0.373 e. The lowest BCUT2D eigenvalue weighted by Gasteiger charge is -2.29. The van der Waals surface area contributed by atoms with Crippen molar-refractivity contribution in [2.75, 3.05) is 38.1 Å². The van der Waals surface area contributed by atoms with Gasteiger partial charge in [-0.15, -0.1) is 0 Å². The SMILES string of the molecule is CN(CCN1CCCCC1)c1ccc(-c2nc3cc(Cl)ccc3[nH]2)cc1. The minimum atomic E-state index is 0.709. The van der Waals surface area contributed by atoms with Gasteiger partial charge in [-0.1, -0.05) is 18.0 Å². The van der Waals surface area contributed by atoms with Gasteiger partial charge in [-0.2, -0.15) is 0 Å². The zero-order chi connectivity index (χ0) is 17.9. The summed E-state index contributed by atoms with van der Waals surface area (Å²) in [5, 5.41) is 0.709. The molecule has 0 saturated carbocycles. The Morgan fingerprint density at radius 2 is 1.85 bits per heavy atom. The highest BCUT2D eigenvalue weighted by Crippen LogP contribution is 2.24. The lowest BCUT2D eigenvalue weighted by molar-refractivity contribution is 0.234. The van der Waals surface area contributed by atoms with E-state index in [1.165, 1.54) is 38.0 Å². The number of aromatic amines is 1. The molecule has 2 aromatic carbocycles. The van der Waals surface area contributed by atoms with Gasteiger partial charge in [0.15, 0.2) is 0 Å². The molecule has 0 atom stereocenters. The number of nitrogens with zero attached hydrogens (tertiary/aromatic N) is 3. The average molecular weight is 369 g/mol. The average Bonchev–Trinajstić information content (AvgIpc) is 3.10. The number of likely N-dealkylation sites (tertiary alicyclic amines) is 1. The maximum atomic E-state index is 6.05. The second-order valence-electron chi connectivity index (χ2n) is 7.12. The highest BCUT2D eigenvalue weighted by Gasteiger charge is 2.11. The van der Waals surface area contributed by atoms with E-state index in [1.54, 1.807) is 0 Å². The molecule has 1 N–H and O–H groups in total. The maximum Gasteiger partial charge on any atom is 0.138 e. The van der Waals surface area contributed by atoms with E-state index in [0.29, 0.717) is 5.02 Å². The van der Waals surface area contributed by atoms with E-state index >= 15 is 0 Å². The monoisotopic (exact) mass is 368 g/mol. The smallest absolute Gasteiger partial charge is 0.138 e. The lowest BCUT2D eigenvalue weighted by Crippen LogP contribution is -2.36. The molecule has 3 aromatic rings. The number of hydrogen-bond donors (Lipinski definition) is 1. The van der Waals surface area contributed by atoms with Crippen LogP contribution >= 0.6 is 11.6 Å². The predicted octanol–water partition coefficient (Wildman–Crippen LogP) is 4.81. The summed E-state index contributed by atoms with van der Waals surface area (Å²) in [5.74, 6) is 0.879. The fourth-order valence-electron chi connectivity index (χ4n) is 3.59. The van der Waals surface area contributed by atoms with Crippen LogP contribution in [0, 0.1) is 0 Å². The Hall–Kier alpha value is -2.04. The van der Waals surface area contributed by atoms with Crippen LogP contribution in [0.2, 0.25) is 5.02 Å². The van der Waals surface area contributed by atoms with E-state index in [9.17, 15) is 0 Å². The molecule has 0 bridgehead atoms. The summed E-state index contributed by atoms with van der Waals surface area (Å²) in [6, 6.07) is 14.3. The van der Waals surface area contributed by atoms with Gasteiger partial charge in [0.2, 0.25) is 0 Å². The van der Waals surface area contributed by atoms with Gasteiger partial charge in [-0.05, 0) is 68.4 Å². The second-order valence-corrected chi connectivity index (χ2v) is 7.55. The summed E-state index contributed by atoms with van der Waals surface area (Å²) < 4.78 is 0. The summed E-state index contributed by atoms with van der Waals surface area (Å²) in [7, 11) is 2.17. The van der Waals surface area contributed by atoms with Crippen molar-refractivity contribution >= 4 is 28.3 Å². The fourth-order valence-corrected chi connectivity index (χ4v) is 3.76. The first kappa shape index (κ1) is 17.4. The third-order valence-electron chi connectivity index (χ3n) is 5.23. The third-order valence-corrected chi connectivity index (χ3v) is 5.46. The molecule has 4 nitrogen and oxygen atoms in total. The normalized spacial score (nSPS) is 15.5. The van der Waals surface area contributed by atoms with Crippen LogP contribution in [0.25, 0.3) is 22.4 Å². The van der Waals surface area contributed by atoms with Gasteiger partial charge in [0, 0.05) is 36.4 Å². The Labute approximate surface area is 159 Å². The molecule has 136 valence electrons. The molecule has 26 heavy (non-hydrogen) atoms. The van der Waals surface area contributed by atoms with Gasteiger partial charge in [0.25, 0.3) is 0 Å². The summed E-state index contributed by atoms with van der Waals surface area (Å²) >= 11 is 6.05. The number of imidazole rings is 1. The first-order chi connectivity index (χ1) is 12.7. The first-order valence-electron chi connectivity index (χ1n) is 9.38. The predicted molar refractivity (Wildman–Crippen MR) is 110 cm³/mol. The summed E-state index contributed by atoms with van der Waals surface area (Å²) in [4.78, 5) is 12.9. The molecule has 4 rings (SSSR count). The van der Waals surface area contributed by atoms with Crippen molar-refractivity contribution in [3.8, 4) is 11.4 Å². The molecule has 1 fully saturated rings. The number of H-pyrrole nitrogens is 1. The third kappa shape index (κ3) is 3.87. The quantitative estimate of drug-likeness (QED) is 0.702. The van der Waals surface area contributed by atoms with Gasteiger partial charge in [-0.25, -0.2) is 4.98 Å². The van der Waals surface area contributed by atoms with E-state index < -0.39 is 0 Å². The zero-order valence-electron chi connectivity index (χ0n) is 15.2. The molecule has 0 amide bonds. The molecule has 1 aliphatic rings. The highest BCUT2D eigenvalue weighted by molar-refractivity contribution is 6.31. The number of benzene rings is 2. The Bertz CT molecular complexity index is 865. The number of piperidine rings is 1. The number of nitrogens with one attached hydrogen (secondary N) is 1. The fraction of sp³-hybridized carbons (Fsp3) is 0.381. The Morgan fingerprint density at radius 3 is 2.62 bits per heavy atom.